The number of hydrogen-bond acceptors (Lipinski definition) is 3. The normalized spacial score (nSPS) is 19.5. The van der Waals surface area contributed by atoms with E-state index >= 15 is 0 Å². The van der Waals surface area contributed by atoms with Crippen LogP contribution in [0.15, 0.2) is 23.3 Å². The topological polar surface area (TPSA) is 44.6 Å². The molecule has 3 heteroatoms. The molecule has 0 saturated carbocycles. The number of rotatable bonds is 1. The highest BCUT2D eigenvalue weighted by molar-refractivity contribution is 6.03. The van der Waals surface area contributed by atoms with Crippen molar-refractivity contribution in [3.63, 3.8) is 0 Å². The molecule has 1 aromatic rings. The van der Waals surface area contributed by atoms with Crippen molar-refractivity contribution in [2.75, 3.05) is 0 Å². The van der Waals surface area contributed by atoms with Crippen molar-refractivity contribution in [3.8, 4) is 0 Å². The van der Waals surface area contributed by atoms with Gasteiger partial charge in [-0.1, -0.05) is 31.5 Å². The molecule has 0 aliphatic carbocycles. The molecular formula is C12H16N2O. The highest BCUT2D eigenvalue weighted by atomic mass is 16.3. The third-order valence-electron chi connectivity index (χ3n) is 2.63. The van der Waals surface area contributed by atoms with Gasteiger partial charge in [0.25, 0.3) is 0 Å². The van der Waals surface area contributed by atoms with Gasteiger partial charge in [0.2, 0.25) is 0 Å². The van der Waals surface area contributed by atoms with Crippen molar-refractivity contribution in [3.05, 3.63) is 34.9 Å². The molecule has 0 aromatic heterocycles. The summed E-state index contributed by atoms with van der Waals surface area (Å²) < 4.78 is 0. The Morgan fingerprint density at radius 2 is 2.13 bits per heavy atom. The first kappa shape index (κ1) is 10.2. The molecule has 0 spiro atoms. The Hall–Kier alpha value is -1.35. The van der Waals surface area contributed by atoms with E-state index in [-0.39, 0.29) is 0 Å². The van der Waals surface area contributed by atoms with Crippen LogP contribution in [0.5, 0.6) is 0 Å². The van der Waals surface area contributed by atoms with E-state index < -0.39 is 6.23 Å². The summed E-state index contributed by atoms with van der Waals surface area (Å²) in [5.74, 6) is 0.352. The summed E-state index contributed by atoms with van der Waals surface area (Å²) in [4.78, 5) is 0. The third-order valence-corrected chi connectivity index (χ3v) is 2.63. The molecule has 15 heavy (non-hydrogen) atoms. The van der Waals surface area contributed by atoms with E-state index in [1.807, 2.05) is 19.1 Å². The Balaban J connectivity index is 2.55. The van der Waals surface area contributed by atoms with Crippen LogP contribution in [0.25, 0.3) is 0 Å². The minimum absolute atomic E-state index is 0.352. The average Bonchev–Trinajstić information content (AvgIpc) is 2.17. The van der Waals surface area contributed by atoms with Crippen molar-refractivity contribution in [2.45, 2.75) is 27.0 Å². The van der Waals surface area contributed by atoms with Gasteiger partial charge in [-0.05, 0) is 18.9 Å². The highest BCUT2D eigenvalue weighted by Gasteiger charge is 2.22. The molecule has 0 amide bonds. The fourth-order valence-corrected chi connectivity index (χ4v) is 1.83. The van der Waals surface area contributed by atoms with Gasteiger partial charge in [0.15, 0.2) is 6.23 Å². The molecule has 0 unspecified atom stereocenters. The molecule has 1 aliphatic heterocycles. The van der Waals surface area contributed by atoms with E-state index in [1.165, 1.54) is 5.56 Å². The quantitative estimate of drug-likeness (QED) is 0.734. The Labute approximate surface area is 89.8 Å². The lowest BCUT2D eigenvalue weighted by Crippen LogP contribution is -2.28. The molecule has 2 rings (SSSR count). The molecule has 1 heterocycles. The number of hydrogen-bond donors (Lipinski definition) is 2. The van der Waals surface area contributed by atoms with E-state index in [9.17, 15) is 5.11 Å². The predicted molar refractivity (Wildman–Crippen MR) is 60.6 cm³/mol. The summed E-state index contributed by atoms with van der Waals surface area (Å²) >= 11 is 0. The first-order valence-electron chi connectivity index (χ1n) is 5.21. The summed E-state index contributed by atoms with van der Waals surface area (Å²) in [6, 6.07) is 6.05. The van der Waals surface area contributed by atoms with Gasteiger partial charge >= 0.3 is 0 Å². The number of hydrazone groups is 1. The number of nitrogens with one attached hydrogen (secondary N) is 1. The van der Waals surface area contributed by atoms with Gasteiger partial charge in [0.05, 0.1) is 5.71 Å². The minimum Gasteiger partial charge on any atom is -0.368 e. The molecule has 3 nitrogen and oxygen atoms in total. The van der Waals surface area contributed by atoms with E-state index in [2.05, 4.69) is 30.4 Å². The summed E-state index contributed by atoms with van der Waals surface area (Å²) in [5.41, 5.74) is 6.92. The fourth-order valence-electron chi connectivity index (χ4n) is 1.83. The van der Waals surface area contributed by atoms with E-state index in [4.69, 9.17) is 0 Å². The van der Waals surface area contributed by atoms with Crippen LogP contribution in [-0.4, -0.2) is 10.8 Å². The minimum atomic E-state index is -0.678. The number of aliphatic hydroxyl groups is 1. The number of aryl methyl sites for hydroxylation is 1. The van der Waals surface area contributed by atoms with Gasteiger partial charge in [-0.2, -0.15) is 5.10 Å². The third kappa shape index (κ3) is 1.75. The second kappa shape index (κ2) is 3.66. The zero-order valence-electron chi connectivity index (χ0n) is 9.28. The summed E-state index contributed by atoms with van der Waals surface area (Å²) in [5, 5.41) is 13.9. The molecule has 1 aromatic carbocycles. The predicted octanol–water partition coefficient (Wildman–Crippen LogP) is 1.95. The summed E-state index contributed by atoms with van der Waals surface area (Å²) in [7, 11) is 0. The average molecular weight is 204 g/mol. The first-order chi connectivity index (χ1) is 7.09. The zero-order chi connectivity index (χ0) is 11.0. The number of fused-ring (bicyclic) bond motifs is 1. The molecule has 80 valence electrons. The maximum atomic E-state index is 9.73. The molecule has 0 saturated heterocycles. The second-order valence-corrected chi connectivity index (χ2v) is 4.27. The van der Waals surface area contributed by atoms with Gasteiger partial charge < -0.3 is 5.11 Å². The Morgan fingerprint density at radius 3 is 2.80 bits per heavy atom. The van der Waals surface area contributed by atoms with Crippen molar-refractivity contribution < 1.29 is 5.11 Å². The molecule has 0 fully saturated rings. The largest absolute Gasteiger partial charge is 0.368 e. The van der Waals surface area contributed by atoms with Crippen molar-refractivity contribution in [1.82, 2.24) is 5.43 Å². The number of nitrogens with zero attached hydrogens (tertiary/aromatic N) is 1. The van der Waals surface area contributed by atoms with Gasteiger partial charge in [-0.3, -0.25) is 5.43 Å². The van der Waals surface area contributed by atoms with Gasteiger partial charge in [-0.15, -0.1) is 0 Å². The Bertz CT molecular complexity index is 410. The maximum Gasteiger partial charge on any atom is 0.166 e. The monoisotopic (exact) mass is 204 g/mol. The molecule has 2 N–H and O–H groups in total. The van der Waals surface area contributed by atoms with Crippen molar-refractivity contribution >= 4 is 5.71 Å². The van der Waals surface area contributed by atoms with Crippen LogP contribution in [0.4, 0.5) is 0 Å². The van der Waals surface area contributed by atoms with E-state index in [0.29, 0.717) is 5.92 Å². The maximum absolute atomic E-state index is 9.73. The molecule has 0 radical (unpaired) electrons. The SMILES string of the molecule is Cc1ccc2c(c1)C(C(C)C)=NN[C@H]2O. The number of aliphatic hydroxyl groups excluding tert-OH is 1. The molecule has 1 aliphatic rings. The van der Waals surface area contributed by atoms with E-state index in [1.54, 1.807) is 0 Å². The summed E-state index contributed by atoms with van der Waals surface area (Å²) in [6.07, 6.45) is -0.678. The van der Waals surface area contributed by atoms with Crippen molar-refractivity contribution in [1.29, 1.82) is 0 Å². The first-order valence-corrected chi connectivity index (χ1v) is 5.21. The van der Waals surface area contributed by atoms with Gasteiger partial charge in [0, 0.05) is 11.1 Å². The van der Waals surface area contributed by atoms with Crippen LogP contribution in [-0.2, 0) is 0 Å². The highest BCUT2D eigenvalue weighted by Crippen LogP contribution is 2.24. The summed E-state index contributed by atoms with van der Waals surface area (Å²) in [6.45, 7) is 6.25. The smallest absolute Gasteiger partial charge is 0.166 e. The van der Waals surface area contributed by atoms with Gasteiger partial charge in [-0.25, -0.2) is 0 Å². The van der Waals surface area contributed by atoms with Crippen LogP contribution in [0.1, 0.15) is 36.8 Å². The molecular weight excluding hydrogens is 188 g/mol. The molecule has 1 atom stereocenters. The fraction of sp³-hybridized carbons (Fsp3) is 0.417. The van der Waals surface area contributed by atoms with Crippen LogP contribution in [0, 0.1) is 12.8 Å². The van der Waals surface area contributed by atoms with Crippen LogP contribution >= 0.6 is 0 Å². The van der Waals surface area contributed by atoms with Crippen LogP contribution in [0.3, 0.4) is 0 Å². The second-order valence-electron chi connectivity index (χ2n) is 4.27. The Morgan fingerprint density at radius 1 is 1.40 bits per heavy atom. The Kier molecular flexibility index (Phi) is 2.49. The lowest BCUT2D eigenvalue weighted by Gasteiger charge is -2.24. The van der Waals surface area contributed by atoms with Crippen LogP contribution in [0.2, 0.25) is 0 Å². The zero-order valence-corrected chi connectivity index (χ0v) is 9.28. The lowest BCUT2D eigenvalue weighted by molar-refractivity contribution is 0.138. The lowest BCUT2D eigenvalue weighted by atomic mass is 9.92. The molecule has 0 bridgehead atoms. The standard InChI is InChI=1S/C12H16N2O/c1-7(2)11-10-6-8(3)4-5-9(10)12(15)14-13-11/h4-7,12,14-15H,1-3H3/t12-/m0/s1. The van der Waals surface area contributed by atoms with E-state index in [0.717, 1.165) is 16.8 Å². The number of benzene rings is 1. The van der Waals surface area contributed by atoms with Crippen molar-refractivity contribution in [2.24, 2.45) is 11.0 Å². The van der Waals surface area contributed by atoms with Crippen LogP contribution < -0.4 is 5.43 Å². The van der Waals surface area contributed by atoms with Gasteiger partial charge in [0.1, 0.15) is 0 Å².